The standard InChI is InChI=1S/C15H22N2O2S/c18-14(19)7-9-17-8-3-4-11(10-17)15-16-12-5-1-2-6-13(12)20-15/h11H,1-10H2,(H,18,19). The van der Waals surface area contributed by atoms with E-state index in [4.69, 9.17) is 10.1 Å². The molecule has 0 radical (unpaired) electrons. The second-order valence-corrected chi connectivity index (χ2v) is 7.03. The summed E-state index contributed by atoms with van der Waals surface area (Å²) in [5.41, 5.74) is 1.35. The summed E-state index contributed by atoms with van der Waals surface area (Å²) < 4.78 is 0. The van der Waals surface area contributed by atoms with E-state index in [-0.39, 0.29) is 6.42 Å². The molecule has 1 aliphatic carbocycles. The summed E-state index contributed by atoms with van der Waals surface area (Å²) in [6.45, 7) is 2.70. The van der Waals surface area contributed by atoms with Gasteiger partial charge in [0, 0.05) is 23.9 Å². The highest BCUT2D eigenvalue weighted by Gasteiger charge is 2.26. The van der Waals surface area contributed by atoms with Gasteiger partial charge in [0.15, 0.2) is 0 Å². The number of aromatic nitrogens is 1. The Morgan fingerprint density at radius 1 is 1.35 bits per heavy atom. The Balaban J connectivity index is 1.64. The predicted octanol–water partition coefficient (Wildman–Crippen LogP) is 2.68. The first kappa shape index (κ1) is 14.0. The maximum atomic E-state index is 10.7. The molecule has 2 heterocycles. The van der Waals surface area contributed by atoms with E-state index in [0.29, 0.717) is 12.5 Å². The summed E-state index contributed by atoms with van der Waals surface area (Å²) in [7, 11) is 0. The SMILES string of the molecule is O=C(O)CCN1CCCC(c2nc3c(s2)CCCC3)C1. The maximum absolute atomic E-state index is 10.7. The van der Waals surface area contributed by atoms with Gasteiger partial charge in [-0.2, -0.15) is 0 Å². The normalized spacial score (nSPS) is 23.5. The fourth-order valence-electron chi connectivity index (χ4n) is 3.26. The maximum Gasteiger partial charge on any atom is 0.304 e. The minimum Gasteiger partial charge on any atom is -0.481 e. The largest absolute Gasteiger partial charge is 0.481 e. The van der Waals surface area contributed by atoms with Crippen LogP contribution in [0.25, 0.3) is 0 Å². The third-order valence-electron chi connectivity index (χ3n) is 4.36. The quantitative estimate of drug-likeness (QED) is 0.927. The first-order valence-corrected chi connectivity index (χ1v) is 8.46. The zero-order valence-electron chi connectivity index (χ0n) is 11.8. The summed E-state index contributed by atoms with van der Waals surface area (Å²) in [6.07, 6.45) is 7.57. The Bertz CT molecular complexity index is 463. The van der Waals surface area contributed by atoms with Crippen molar-refractivity contribution in [2.45, 2.75) is 50.9 Å². The number of nitrogens with zero attached hydrogens (tertiary/aromatic N) is 2. The van der Waals surface area contributed by atoms with E-state index in [1.807, 2.05) is 11.3 Å². The van der Waals surface area contributed by atoms with E-state index < -0.39 is 5.97 Å². The first-order chi connectivity index (χ1) is 9.72. The molecule has 0 bridgehead atoms. The van der Waals surface area contributed by atoms with Crippen LogP contribution in [0.4, 0.5) is 0 Å². The highest BCUT2D eigenvalue weighted by Crippen LogP contribution is 2.34. The fraction of sp³-hybridized carbons (Fsp3) is 0.733. The van der Waals surface area contributed by atoms with Gasteiger partial charge >= 0.3 is 5.97 Å². The second kappa shape index (κ2) is 6.22. The van der Waals surface area contributed by atoms with Gasteiger partial charge in [0.1, 0.15) is 0 Å². The van der Waals surface area contributed by atoms with Gasteiger partial charge in [-0.1, -0.05) is 0 Å². The van der Waals surface area contributed by atoms with Crippen LogP contribution in [0.5, 0.6) is 0 Å². The smallest absolute Gasteiger partial charge is 0.304 e. The summed E-state index contributed by atoms with van der Waals surface area (Å²) in [6, 6.07) is 0. The van der Waals surface area contributed by atoms with Crippen LogP contribution in [0.3, 0.4) is 0 Å². The van der Waals surface area contributed by atoms with Crippen molar-refractivity contribution in [2.24, 2.45) is 0 Å². The first-order valence-electron chi connectivity index (χ1n) is 7.65. The van der Waals surface area contributed by atoms with Gasteiger partial charge in [0.05, 0.1) is 17.1 Å². The molecule has 0 saturated carbocycles. The molecule has 1 aromatic heterocycles. The number of aliphatic carboxylic acids is 1. The number of hydrogen-bond acceptors (Lipinski definition) is 4. The highest BCUT2D eigenvalue weighted by atomic mass is 32.1. The lowest BCUT2D eigenvalue weighted by molar-refractivity contribution is -0.137. The second-order valence-electron chi connectivity index (χ2n) is 5.91. The molecule has 110 valence electrons. The van der Waals surface area contributed by atoms with Gasteiger partial charge in [-0.3, -0.25) is 4.79 Å². The topological polar surface area (TPSA) is 53.4 Å². The zero-order chi connectivity index (χ0) is 13.9. The van der Waals surface area contributed by atoms with Crippen LogP contribution < -0.4 is 0 Å². The molecule has 1 atom stereocenters. The van der Waals surface area contributed by atoms with Crippen LogP contribution in [-0.2, 0) is 17.6 Å². The van der Waals surface area contributed by atoms with Crippen LogP contribution in [-0.4, -0.2) is 40.6 Å². The molecule has 0 aromatic carbocycles. The molecule has 0 spiro atoms. The molecule has 4 nitrogen and oxygen atoms in total. The van der Waals surface area contributed by atoms with Gasteiger partial charge in [-0.25, -0.2) is 4.98 Å². The Hall–Kier alpha value is -0.940. The van der Waals surface area contributed by atoms with Crippen LogP contribution >= 0.6 is 11.3 Å². The van der Waals surface area contributed by atoms with Crippen molar-refractivity contribution in [1.29, 1.82) is 0 Å². The van der Waals surface area contributed by atoms with Gasteiger partial charge in [0.2, 0.25) is 0 Å². The minimum atomic E-state index is -0.697. The fourth-order valence-corrected chi connectivity index (χ4v) is 4.54. The lowest BCUT2D eigenvalue weighted by atomic mass is 9.98. The Morgan fingerprint density at radius 2 is 2.20 bits per heavy atom. The van der Waals surface area contributed by atoms with E-state index in [1.54, 1.807) is 0 Å². The molecule has 1 fully saturated rings. The Morgan fingerprint density at radius 3 is 3.00 bits per heavy atom. The monoisotopic (exact) mass is 294 g/mol. The average molecular weight is 294 g/mol. The number of carboxylic acids is 1. The van der Waals surface area contributed by atoms with E-state index in [1.165, 1.54) is 41.3 Å². The third kappa shape index (κ3) is 3.20. The molecular weight excluding hydrogens is 272 g/mol. The van der Waals surface area contributed by atoms with Gasteiger partial charge in [0.25, 0.3) is 0 Å². The van der Waals surface area contributed by atoms with Crippen molar-refractivity contribution in [3.63, 3.8) is 0 Å². The molecule has 2 aliphatic rings. The predicted molar refractivity (Wildman–Crippen MR) is 79.4 cm³/mol. The Kier molecular flexibility index (Phi) is 4.36. The van der Waals surface area contributed by atoms with Crippen LogP contribution in [0, 0.1) is 0 Å². The summed E-state index contributed by atoms with van der Waals surface area (Å²) >= 11 is 1.91. The number of fused-ring (bicyclic) bond motifs is 1. The highest BCUT2D eigenvalue weighted by molar-refractivity contribution is 7.11. The van der Waals surface area contributed by atoms with Crippen molar-refractivity contribution in [1.82, 2.24) is 9.88 Å². The van der Waals surface area contributed by atoms with E-state index in [0.717, 1.165) is 25.9 Å². The molecule has 20 heavy (non-hydrogen) atoms. The summed E-state index contributed by atoms with van der Waals surface area (Å²) in [5, 5.41) is 10.1. The number of aryl methyl sites for hydroxylation is 2. The number of likely N-dealkylation sites (tertiary alicyclic amines) is 1. The molecule has 0 amide bonds. The molecular formula is C15H22N2O2S. The van der Waals surface area contributed by atoms with Crippen molar-refractivity contribution in [3.8, 4) is 0 Å². The Labute approximate surface area is 123 Å². The molecule has 3 rings (SSSR count). The lowest BCUT2D eigenvalue weighted by Gasteiger charge is -2.31. The number of thiazole rings is 1. The molecule has 1 unspecified atom stereocenters. The number of carbonyl (C=O) groups is 1. The van der Waals surface area contributed by atoms with Crippen molar-refractivity contribution in [2.75, 3.05) is 19.6 Å². The average Bonchev–Trinajstić information content (AvgIpc) is 2.89. The molecule has 1 saturated heterocycles. The summed E-state index contributed by atoms with van der Waals surface area (Å²) in [5.74, 6) is -0.176. The van der Waals surface area contributed by atoms with Gasteiger partial charge in [-0.15, -0.1) is 11.3 Å². The van der Waals surface area contributed by atoms with Crippen LogP contribution in [0.15, 0.2) is 0 Å². The third-order valence-corrected chi connectivity index (χ3v) is 5.68. The van der Waals surface area contributed by atoms with E-state index >= 15 is 0 Å². The van der Waals surface area contributed by atoms with Crippen molar-refractivity contribution < 1.29 is 9.90 Å². The van der Waals surface area contributed by atoms with Gasteiger partial charge in [-0.05, 0) is 45.1 Å². The molecule has 1 aliphatic heterocycles. The van der Waals surface area contributed by atoms with Crippen LogP contribution in [0.2, 0.25) is 0 Å². The number of piperidine rings is 1. The van der Waals surface area contributed by atoms with Crippen molar-refractivity contribution >= 4 is 17.3 Å². The number of carboxylic acid groups (broad SMARTS) is 1. The molecule has 5 heteroatoms. The molecule has 1 N–H and O–H groups in total. The minimum absolute atomic E-state index is 0.251. The lowest BCUT2D eigenvalue weighted by Crippen LogP contribution is -2.35. The van der Waals surface area contributed by atoms with Crippen LogP contribution in [0.1, 0.15) is 53.6 Å². The van der Waals surface area contributed by atoms with Crippen molar-refractivity contribution in [3.05, 3.63) is 15.6 Å². The van der Waals surface area contributed by atoms with E-state index in [9.17, 15) is 4.79 Å². The summed E-state index contributed by atoms with van der Waals surface area (Å²) in [4.78, 5) is 19.4. The van der Waals surface area contributed by atoms with Gasteiger partial charge < -0.3 is 10.0 Å². The number of hydrogen-bond donors (Lipinski definition) is 1. The zero-order valence-corrected chi connectivity index (χ0v) is 12.6. The molecule has 1 aromatic rings. The number of rotatable bonds is 4. The van der Waals surface area contributed by atoms with E-state index in [2.05, 4.69) is 4.90 Å².